The van der Waals surface area contributed by atoms with E-state index < -0.39 is 11.5 Å². The number of anilines is 1. The summed E-state index contributed by atoms with van der Waals surface area (Å²) in [5.41, 5.74) is -1.23. The summed E-state index contributed by atoms with van der Waals surface area (Å²) >= 11 is 12.5. The van der Waals surface area contributed by atoms with Gasteiger partial charge in [-0.1, -0.05) is 62.2 Å². The second kappa shape index (κ2) is 8.52. The number of rotatable bonds is 9. The Morgan fingerprint density at radius 3 is 2.36 bits per heavy atom. The molecule has 4 nitrogen and oxygen atoms in total. The van der Waals surface area contributed by atoms with Gasteiger partial charge in [0.1, 0.15) is 5.78 Å². The molecular weight excluding hydrogens is 361 g/mol. The lowest BCUT2D eigenvalue weighted by Gasteiger charge is -2.22. The van der Waals surface area contributed by atoms with E-state index >= 15 is 0 Å². The predicted octanol–water partition coefficient (Wildman–Crippen LogP) is 4.87. The van der Waals surface area contributed by atoms with Gasteiger partial charge in [0.2, 0.25) is 0 Å². The zero-order chi connectivity index (χ0) is 18.6. The van der Waals surface area contributed by atoms with E-state index in [1.54, 1.807) is 12.1 Å². The number of amides is 1. The van der Waals surface area contributed by atoms with Crippen LogP contribution in [0.15, 0.2) is 12.1 Å². The minimum absolute atomic E-state index is 0.252. The van der Waals surface area contributed by atoms with Crippen LogP contribution in [0.4, 0.5) is 5.69 Å². The lowest BCUT2D eigenvalue weighted by molar-refractivity contribution is -0.141. The third-order valence-corrected chi connectivity index (χ3v) is 5.22. The molecule has 1 N–H and O–H groups in total. The summed E-state index contributed by atoms with van der Waals surface area (Å²) in [6, 6.07) is 3.17. The first-order valence-electron chi connectivity index (χ1n) is 8.85. The summed E-state index contributed by atoms with van der Waals surface area (Å²) in [5, 5.41) is 11.6. The first kappa shape index (κ1) is 20.2. The number of hydrogen-bond acceptors (Lipinski definition) is 3. The summed E-state index contributed by atoms with van der Waals surface area (Å²) in [6.07, 6.45) is 6.21. The third-order valence-electron chi connectivity index (χ3n) is 4.60. The van der Waals surface area contributed by atoms with Crippen molar-refractivity contribution in [1.29, 1.82) is 0 Å². The molecule has 1 aromatic carbocycles. The van der Waals surface area contributed by atoms with Crippen molar-refractivity contribution in [1.82, 2.24) is 0 Å². The molecule has 0 radical (unpaired) electrons. The van der Waals surface area contributed by atoms with Crippen LogP contribution in [0, 0.1) is 0 Å². The first-order valence-corrected chi connectivity index (χ1v) is 9.60. The number of nitrogens with zero attached hydrogens (tertiary/aromatic N) is 1. The minimum atomic E-state index is -1.93. The predicted molar refractivity (Wildman–Crippen MR) is 101 cm³/mol. The Kier molecular flexibility index (Phi) is 6.89. The highest BCUT2D eigenvalue weighted by Gasteiger charge is 2.52. The fraction of sp³-hybridized carbons (Fsp3) is 0.579. The van der Waals surface area contributed by atoms with Gasteiger partial charge in [0, 0.05) is 23.6 Å². The van der Waals surface area contributed by atoms with E-state index in [1.807, 2.05) is 0 Å². The molecule has 0 aliphatic carbocycles. The molecule has 0 spiro atoms. The van der Waals surface area contributed by atoms with E-state index in [0.29, 0.717) is 17.3 Å². The Bertz CT molecular complexity index is 662. The van der Waals surface area contributed by atoms with Crippen molar-refractivity contribution in [2.24, 2.45) is 0 Å². The minimum Gasteiger partial charge on any atom is -0.375 e. The molecule has 138 valence electrons. The van der Waals surface area contributed by atoms with E-state index in [4.69, 9.17) is 23.2 Å². The molecule has 2 rings (SSSR count). The Balaban J connectivity index is 2.24. The van der Waals surface area contributed by atoms with Crippen LogP contribution in [0.2, 0.25) is 10.0 Å². The molecule has 1 aromatic rings. The smallest absolute Gasteiger partial charge is 0.264 e. The molecule has 1 aliphatic heterocycles. The summed E-state index contributed by atoms with van der Waals surface area (Å²) < 4.78 is 0. The van der Waals surface area contributed by atoms with E-state index in [9.17, 15) is 14.7 Å². The molecule has 0 bridgehead atoms. The monoisotopic (exact) mass is 385 g/mol. The van der Waals surface area contributed by atoms with Gasteiger partial charge in [-0.3, -0.25) is 9.59 Å². The van der Waals surface area contributed by atoms with Crippen LogP contribution in [-0.4, -0.2) is 23.3 Å². The normalized spacial score (nSPS) is 19.4. The van der Waals surface area contributed by atoms with Gasteiger partial charge in [-0.15, -0.1) is 0 Å². The van der Waals surface area contributed by atoms with E-state index in [-0.39, 0.29) is 22.8 Å². The summed E-state index contributed by atoms with van der Waals surface area (Å²) in [6.45, 7) is 3.97. The van der Waals surface area contributed by atoms with Gasteiger partial charge < -0.3 is 10.0 Å². The second-order valence-electron chi connectivity index (χ2n) is 6.72. The standard InChI is InChI=1S/C19H25Cl2NO3/c1-3-4-5-6-7-8-11-22-17-15(21)10-9-14(20)16(17)19(25,18(22)24)12-13(2)23/h9-10,25H,3-8,11-12H2,1-2H3. The average Bonchev–Trinajstić information content (AvgIpc) is 2.76. The number of carbonyl (C=O) groups excluding carboxylic acids is 2. The van der Waals surface area contributed by atoms with Crippen LogP contribution < -0.4 is 4.90 Å². The lowest BCUT2D eigenvalue weighted by atomic mass is 9.90. The number of unbranched alkanes of at least 4 members (excludes halogenated alkanes) is 5. The third kappa shape index (κ3) is 4.18. The van der Waals surface area contributed by atoms with Gasteiger partial charge >= 0.3 is 0 Å². The highest BCUT2D eigenvalue weighted by molar-refractivity contribution is 6.38. The van der Waals surface area contributed by atoms with Crippen LogP contribution >= 0.6 is 23.2 Å². The van der Waals surface area contributed by atoms with E-state index in [0.717, 1.165) is 19.3 Å². The zero-order valence-electron chi connectivity index (χ0n) is 14.8. The molecule has 1 unspecified atom stereocenters. The van der Waals surface area contributed by atoms with Crippen LogP contribution in [0.25, 0.3) is 0 Å². The van der Waals surface area contributed by atoms with Crippen LogP contribution in [0.3, 0.4) is 0 Å². The average molecular weight is 386 g/mol. The molecule has 6 heteroatoms. The zero-order valence-corrected chi connectivity index (χ0v) is 16.3. The highest BCUT2D eigenvalue weighted by Crippen LogP contribution is 2.49. The maximum Gasteiger partial charge on any atom is 0.264 e. The number of hydrogen-bond donors (Lipinski definition) is 1. The van der Waals surface area contributed by atoms with Crippen molar-refractivity contribution in [3.8, 4) is 0 Å². The molecule has 0 saturated carbocycles. The van der Waals surface area contributed by atoms with Crippen LogP contribution in [-0.2, 0) is 15.2 Å². The number of carbonyl (C=O) groups is 2. The second-order valence-corrected chi connectivity index (χ2v) is 7.53. The number of ketones is 1. The molecular formula is C19H25Cl2NO3. The van der Waals surface area contributed by atoms with Crippen molar-refractivity contribution in [3.05, 3.63) is 27.7 Å². The fourth-order valence-corrected chi connectivity index (χ4v) is 3.99. The summed E-state index contributed by atoms with van der Waals surface area (Å²) in [5.74, 6) is -0.791. The van der Waals surface area contributed by atoms with E-state index in [2.05, 4.69) is 6.92 Å². The molecule has 1 heterocycles. The highest BCUT2D eigenvalue weighted by atomic mass is 35.5. The quantitative estimate of drug-likeness (QED) is 0.616. The maximum atomic E-state index is 12.9. The number of halogens is 2. The van der Waals surface area contributed by atoms with Gasteiger partial charge in [0.15, 0.2) is 5.60 Å². The summed E-state index contributed by atoms with van der Waals surface area (Å²) in [7, 11) is 0. The lowest BCUT2D eigenvalue weighted by Crippen LogP contribution is -2.42. The fourth-order valence-electron chi connectivity index (χ4n) is 3.42. The molecule has 0 saturated heterocycles. The number of benzene rings is 1. The van der Waals surface area contributed by atoms with Gasteiger partial charge in [0.25, 0.3) is 5.91 Å². The molecule has 0 fully saturated rings. The molecule has 1 atom stereocenters. The Morgan fingerprint density at radius 2 is 1.72 bits per heavy atom. The van der Waals surface area contributed by atoms with Crippen LogP contribution in [0.1, 0.15) is 64.4 Å². The van der Waals surface area contributed by atoms with E-state index in [1.165, 1.54) is 31.1 Å². The van der Waals surface area contributed by atoms with Gasteiger partial charge in [-0.25, -0.2) is 0 Å². The Morgan fingerprint density at radius 1 is 1.12 bits per heavy atom. The SMILES string of the molecule is CCCCCCCCN1C(=O)C(O)(CC(C)=O)c2c(Cl)ccc(Cl)c21. The molecule has 25 heavy (non-hydrogen) atoms. The largest absolute Gasteiger partial charge is 0.375 e. The van der Waals surface area contributed by atoms with Crippen molar-refractivity contribution < 1.29 is 14.7 Å². The van der Waals surface area contributed by atoms with Crippen molar-refractivity contribution >= 4 is 40.6 Å². The van der Waals surface area contributed by atoms with Gasteiger partial charge in [-0.05, 0) is 25.5 Å². The number of aliphatic hydroxyl groups is 1. The van der Waals surface area contributed by atoms with Crippen molar-refractivity contribution in [2.75, 3.05) is 11.4 Å². The van der Waals surface area contributed by atoms with Crippen molar-refractivity contribution in [2.45, 2.75) is 64.4 Å². The van der Waals surface area contributed by atoms with Gasteiger partial charge in [-0.2, -0.15) is 0 Å². The summed E-state index contributed by atoms with van der Waals surface area (Å²) in [4.78, 5) is 26.0. The topological polar surface area (TPSA) is 57.6 Å². The maximum absolute atomic E-state index is 12.9. The Hall–Kier alpha value is -1.10. The first-order chi connectivity index (χ1) is 11.8. The van der Waals surface area contributed by atoms with Gasteiger partial charge in [0.05, 0.1) is 10.7 Å². The number of fused-ring (bicyclic) bond motifs is 1. The molecule has 1 aliphatic rings. The molecule has 0 aromatic heterocycles. The van der Waals surface area contributed by atoms with Crippen LogP contribution in [0.5, 0.6) is 0 Å². The molecule has 1 amide bonds. The van der Waals surface area contributed by atoms with Crippen molar-refractivity contribution in [3.63, 3.8) is 0 Å². The number of Topliss-reactive ketones (excluding diaryl/α,β-unsaturated/α-hetero) is 1. The Labute approximate surface area is 159 Å².